The maximum absolute atomic E-state index is 8.75. The standard InChI is InChI=1S/C10H6N2.C2H6/c11-5-9-7-12-6-8-3-1-2-4-10(8)9;1-2/h1-4,6-7H;1-2H3. The summed E-state index contributed by atoms with van der Waals surface area (Å²) in [6.45, 7) is 4.00. The van der Waals surface area contributed by atoms with E-state index in [4.69, 9.17) is 5.26 Å². The van der Waals surface area contributed by atoms with Gasteiger partial charge in [0.25, 0.3) is 0 Å². The minimum absolute atomic E-state index is 0.633. The monoisotopic (exact) mass is 184 g/mol. The maximum atomic E-state index is 8.75. The summed E-state index contributed by atoms with van der Waals surface area (Å²) in [5.74, 6) is 0. The summed E-state index contributed by atoms with van der Waals surface area (Å²) in [5, 5.41) is 10.7. The lowest BCUT2D eigenvalue weighted by molar-refractivity contribution is 1.34. The average molecular weight is 184 g/mol. The number of benzene rings is 1. The molecule has 0 atom stereocenters. The Balaban J connectivity index is 0.000000461. The lowest BCUT2D eigenvalue weighted by Crippen LogP contribution is -1.80. The molecule has 1 aromatic carbocycles. The topological polar surface area (TPSA) is 36.7 Å². The van der Waals surface area contributed by atoms with Crippen molar-refractivity contribution in [1.29, 1.82) is 5.26 Å². The molecule has 0 unspecified atom stereocenters. The van der Waals surface area contributed by atoms with Gasteiger partial charge in [0.05, 0.1) is 5.56 Å². The summed E-state index contributed by atoms with van der Waals surface area (Å²) in [6, 6.07) is 9.84. The van der Waals surface area contributed by atoms with Crippen molar-refractivity contribution in [3.05, 3.63) is 42.2 Å². The van der Waals surface area contributed by atoms with Gasteiger partial charge in [-0.3, -0.25) is 4.98 Å². The molecule has 2 rings (SSSR count). The van der Waals surface area contributed by atoms with Crippen molar-refractivity contribution < 1.29 is 0 Å². The Labute approximate surface area is 83.8 Å². The molecule has 70 valence electrons. The molecule has 0 fully saturated rings. The van der Waals surface area contributed by atoms with E-state index in [1.54, 1.807) is 12.4 Å². The van der Waals surface area contributed by atoms with Crippen LogP contribution in [0, 0.1) is 11.3 Å². The molecule has 1 aromatic heterocycles. The largest absolute Gasteiger partial charge is 0.263 e. The Morgan fingerprint density at radius 1 is 1.14 bits per heavy atom. The zero-order valence-electron chi connectivity index (χ0n) is 8.36. The van der Waals surface area contributed by atoms with Gasteiger partial charge < -0.3 is 0 Å². The first-order chi connectivity index (χ1) is 6.92. The molecular weight excluding hydrogens is 172 g/mol. The minimum Gasteiger partial charge on any atom is -0.263 e. The molecule has 0 amide bonds. The van der Waals surface area contributed by atoms with Crippen LogP contribution >= 0.6 is 0 Å². The van der Waals surface area contributed by atoms with Gasteiger partial charge in [-0.05, 0) is 0 Å². The first-order valence-corrected chi connectivity index (χ1v) is 4.64. The Bertz CT molecular complexity index is 450. The second kappa shape index (κ2) is 4.98. The van der Waals surface area contributed by atoms with Gasteiger partial charge in [-0.25, -0.2) is 0 Å². The molecule has 0 aliphatic rings. The Morgan fingerprint density at radius 3 is 2.57 bits per heavy atom. The van der Waals surface area contributed by atoms with Crippen LogP contribution in [0.1, 0.15) is 19.4 Å². The number of rotatable bonds is 0. The first kappa shape index (κ1) is 10.2. The lowest BCUT2D eigenvalue weighted by Gasteiger charge is -1.96. The highest BCUT2D eigenvalue weighted by atomic mass is 14.6. The smallest absolute Gasteiger partial charge is 0.101 e. The van der Waals surface area contributed by atoms with Crippen LogP contribution in [-0.2, 0) is 0 Å². The van der Waals surface area contributed by atoms with Gasteiger partial charge in [0.1, 0.15) is 6.07 Å². The van der Waals surface area contributed by atoms with Gasteiger partial charge in [0.15, 0.2) is 0 Å². The molecule has 0 radical (unpaired) electrons. The quantitative estimate of drug-likeness (QED) is 0.630. The predicted molar refractivity (Wildman–Crippen MR) is 57.8 cm³/mol. The second-order valence-corrected chi connectivity index (χ2v) is 2.52. The molecule has 14 heavy (non-hydrogen) atoms. The molecule has 0 saturated carbocycles. The van der Waals surface area contributed by atoms with E-state index in [0.717, 1.165) is 10.8 Å². The molecule has 0 aliphatic heterocycles. The van der Waals surface area contributed by atoms with Crippen molar-refractivity contribution in [3.8, 4) is 6.07 Å². The van der Waals surface area contributed by atoms with E-state index in [0.29, 0.717) is 5.56 Å². The molecule has 2 nitrogen and oxygen atoms in total. The second-order valence-electron chi connectivity index (χ2n) is 2.52. The molecule has 0 bridgehead atoms. The Hall–Kier alpha value is -1.88. The van der Waals surface area contributed by atoms with Gasteiger partial charge in [-0.1, -0.05) is 38.1 Å². The van der Waals surface area contributed by atoms with E-state index >= 15 is 0 Å². The normalized spacial score (nSPS) is 8.64. The molecule has 0 saturated heterocycles. The SMILES string of the molecule is CC.N#Cc1cncc2ccccc12. The van der Waals surface area contributed by atoms with Crippen molar-refractivity contribution in [2.24, 2.45) is 0 Å². The van der Waals surface area contributed by atoms with Gasteiger partial charge in [0, 0.05) is 23.2 Å². The van der Waals surface area contributed by atoms with Crippen molar-refractivity contribution in [1.82, 2.24) is 4.98 Å². The Morgan fingerprint density at radius 2 is 1.86 bits per heavy atom. The van der Waals surface area contributed by atoms with E-state index in [-0.39, 0.29) is 0 Å². The van der Waals surface area contributed by atoms with Gasteiger partial charge in [-0.15, -0.1) is 0 Å². The van der Waals surface area contributed by atoms with E-state index in [1.807, 2.05) is 38.1 Å². The summed E-state index contributed by atoms with van der Waals surface area (Å²) >= 11 is 0. The third kappa shape index (κ3) is 1.89. The fourth-order valence-corrected chi connectivity index (χ4v) is 1.21. The highest BCUT2D eigenvalue weighted by Gasteiger charge is 1.97. The summed E-state index contributed by atoms with van der Waals surface area (Å²) in [6.07, 6.45) is 3.35. The van der Waals surface area contributed by atoms with Crippen LogP contribution in [0.15, 0.2) is 36.7 Å². The molecular formula is C12H12N2. The molecule has 2 aromatic rings. The third-order valence-electron chi connectivity index (χ3n) is 1.79. The van der Waals surface area contributed by atoms with Crippen molar-refractivity contribution in [2.75, 3.05) is 0 Å². The van der Waals surface area contributed by atoms with Crippen molar-refractivity contribution in [2.45, 2.75) is 13.8 Å². The lowest BCUT2D eigenvalue weighted by atomic mass is 10.1. The maximum Gasteiger partial charge on any atom is 0.101 e. The number of nitriles is 1. The summed E-state index contributed by atoms with van der Waals surface area (Å²) in [4.78, 5) is 3.96. The molecule has 0 aliphatic carbocycles. The van der Waals surface area contributed by atoms with Crippen LogP contribution in [0.5, 0.6) is 0 Å². The number of hydrogen-bond donors (Lipinski definition) is 0. The van der Waals surface area contributed by atoms with Crippen LogP contribution in [0.3, 0.4) is 0 Å². The summed E-state index contributed by atoms with van der Waals surface area (Å²) in [7, 11) is 0. The summed E-state index contributed by atoms with van der Waals surface area (Å²) < 4.78 is 0. The number of hydrogen-bond acceptors (Lipinski definition) is 2. The predicted octanol–water partition coefficient (Wildman–Crippen LogP) is 3.13. The van der Waals surface area contributed by atoms with E-state index in [9.17, 15) is 0 Å². The van der Waals surface area contributed by atoms with E-state index in [2.05, 4.69) is 11.1 Å². The van der Waals surface area contributed by atoms with Crippen LogP contribution in [0.2, 0.25) is 0 Å². The van der Waals surface area contributed by atoms with Crippen LogP contribution in [0.4, 0.5) is 0 Å². The van der Waals surface area contributed by atoms with Crippen LogP contribution < -0.4 is 0 Å². The highest BCUT2D eigenvalue weighted by Crippen LogP contribution is 2.15. The van der Waals surface area contributed by atoms with Gasteiger partial charge >= 0.3 is 0 Å². The number of fused-ring (bicyclic) bond motifs is 1. The fraction of sp³-hybridized carbons (Fsp3) is 0.167. The van der Waals surface area contributed by atoms with E-state index in [1.165, 1.54) is 0 Å². The molecule has 1 heterocycles. The van der Waals surface area contributed by atoms with Crippen LogP contribution in [-0.4, -0.2) is 4.98 Å². The Kier molecular flexibility index (Phi) is 3.63. The number of pyridine rings is 1. The van der Waals surface area contributed by atoms with Gasteiger partial charge in [-0.2, -0.15) is 5.26 Å². The fourth-order valence-electron chi connectivity index (χ4n) is 1.21. The van der Waals surface area contributed by atoms with Crippen molar-refractivity contribution in [3.63, 3.8) is 0 Å². The van der Waals surface area contributed by atoms with Crippen LogP contribution in [0.25, 0.3) is 10.8 Å². The third-order valence-corrected chi connectivity index (χ3v) is 1.79. The highest BCUT2D eigenvalue weighted by molar-refractivity contribution is 5.86. The molecule has 2 heteroatoms. The van der Waals surface area contributed by atoms with E-state index < -0.39 is 0 Å². The molecule has 0 spiro atoms. The minimum atomic E-state index is 0.633. The molecule has 0 N–H and O–H groups in total. The number of nitrogens with zero attached hydrogens (tertiary/aromatic N) is 2. The summed E-state index contributed by atoms with van der Waals surface area (Å²) in [5.41, 5.74) is 0.633. The zero-order chi connectivity index (χ0) is 10.4. The average Bonchev–Trinajstić information content (AvgIpc) is 2.31. The van der Waals surface area contributed by atoms with Crippen molar-refractivity contribution >= 4 is 10.8 Å². The van der Waals surface area contributed by atoms with Gasteiger partial charge in [0.2, 0.25) is 0 Å². The zero-order valence-corrected chi connectivity index (χ0v) is 8.36. The number of aromatic nitrogens is 1. The first-order valence-electron chi connectivity index (χ1n) is 4.64.